The summed E-state index contributed by atoms with van der Waals surface area (Å²) >= 11 is 0. The van der Waals surface area contributed by atoms with Gasteiger partial charge in [0.2, 0.25) is 0 Å². The number of nitrogens with one attached hydrogen (secondary N) is 2. The Balaban J connectivity index is 2.58. The van der Waals surface area contributed by atoms with Crippen molar-refractivity contribution < 1.29 is 9.53 Å². The van der Waals surface area contributed by atoms with E-state index in [4.69, 9.17) is 4.74 Å². The van der Waals surface area contributed by atoms with Crippen LogP contribution in [0.25, 0.3) is 0 Å². The minimum Gasteiger partial charge on any atom is -0.459 e. The molecule has 0 heterocycles. The zero-order chi connectivity index (χ0) is 15.9. The third-order valence-electron chi connectivity index (χ3n) is 2.96. The third-order valence-corrected chi connectivity index (χ3v) is 2.96. The molecule has 0 amide bonds. The van der Waals surface area contributed by atoms with Crippen molar-refractivity contribution in [1.82, 2.24) is 5.32 Å². The fourth-order valence-corrected chi connectivity index (χ4v) is 2.00. The Morgan fingerprint density at radius 3 is 2.57 bits per heavy atom. The number of carbonyl (C=O) groups is 1. The average Bonchev–Trinajstić information content (AvgIpc) is 2.38. The molecule has 118 valence electrons. The molecule has 0 aliphatic rings. The van der Waals surface area contributed by atoms with E-state index in [1.807, 2.05) is 39.8 Å². The van der Waals surface area contributed by atoms with Gasteiger partial charge in [-0.3, -0.25) is 4.79 Å². The van der Waals surface area contributed by atoms with Crippen LogP contribution < -0.4 is 10.6 Å². The summed E-state index contributed by atoms with van der Waals surface area (Å²) in [6.07, 6.45) is 0.710. The normalized spacial score (nSPS) is 12.8. The van der Waals surface area contributed by atoms with Crippen LogP contribution >= 0.6 is 0 Å². The average molecular weight is 292 g/mol. The maximum atomic E-state index is 12.1. The number of esters is 1. The van der Waals surface area contributed by atoms with Gasteiger partial charge in [0.15, 0.2) is 0 Å². The van der Waals surface area contributed by atoms with Crippen LogP contribution in [0.1, 0.15) is 46.6 Å². The lowest BCUT2D eigenvalue weighted by Crippen LogP contribution is -2.40. The molecule has 0 aliphatic carbocycles. The van der Waals surface area contributed by atoms with Crippen LogP contribution in [0, 0.1) is 0 Å². The Bertz CT molecular complexity index is 452. The van der Waals surface area contributed by atoms with Gasteiger partial charge in [0.1, 0.15) is 11.6 Å². The zero-order valence-corrected chi connectivity index (χ0v) is 13.8. The van der Waals surface area contributed by atoms with Gasteiger partial charge < -0.3 is 15.4 Å². The van der Waals surface area contributed by atoms with Crippen molar-refractivity contribution in [1.29, 1.82) is 0 Å². The van der Waals surface area contributed by atoms with Crippen LogP contribution in [0.4, 0.5) is 5.69 Å². The lowest BCUT2D eigenvalue weighted by Gasteiger charge is -2.24. The first-order chi connectivity index (χ1) is 9.85. The van der Waals surface area contributed by atoms with Crippen molar-refractivity contribution in [3.05, 3.63) is 29.8 Å². The summed E-state index contributed by atoms with van der Waals surface area (Å²) in [7, 11) is 0. The highest BCUT2D eigenvalue weighted by molar-refractivity contribution is 5.76. The predicted molar refractivity (Wildman–Crippen MR) is 87.4 cm³/mol. The molecule has 0 saturated heterocycles. The second kappa shape index (κ2) is 8.03. The molecule has 0 aliphatic heterocycles. The largest absolute Gasteiger partial charge is 0.459 e. The molecule has 4 heteroatoms. The zero-order valence-electron chi connectivity index (χ0n) is 13.8. The number of ether oxygens (including phenoxy) is 1. The summed E-state index contributed by atoms with van der Waals surface area (Å²) in [5, 5.41) is 6.56. The molecule has 0 bridgehead atoms. The van der Waals surface area contributed by atoms with Gasteiger partial charge in [0.05, 0.1) is 0 Å². The van der Waals surface area contributed by atoms with Crippen LogP contribution in [0.3, 0.4) is 0 Å². The van der Waals surface area contributed by atoms with E-state index in [0.29, 0.717) is 13.0 Å². The molecule has 0 spiro atoms. The second-order valence-corrected chi connectivity index (χ2v) is 6.11. The van der Waals surface area contributed by atoms with Gasteiger partial charge in [-0.1, -0.05) is 19.1 Å². The van der Waals surface area contributed by atoms with Crippen molar-refractivity contribution in [2.45, 2.75) is 59.2 Å². The van der Waals surface area contributed by atoms with E-state index in [-0.39, 0.29) is 12.0 Å². The fraction of sp³-hybridized carbons (Fsp3) is 0.588. The van der Waals surface area contributed by atoms with E-state index in [2.05, 4.69) is 29.7 Å². The summed E-state index contributed by atoms with van der Waals surface area (Å²) in [4.78, 5) is 12.1. The standard InChI is InChI=1S/C17H28N2O2/c1-6-15(16(20)21-17(3,4)5)19-12-13-9-8-10-14(11-13)18-7-2/h8-11,15,18-19H,6-7,12H2,1-5H3. The first kappa shape index (κ1) is 17.5. The highest BCUT2D eigenvalue weighted by Gasteiger charge is 2.23. The first-order valence-electron chi connectivity index (χ1n) is 7.64. The number of hydrogen-bond donors (Lipinski definition) is 2. The van der Waals surface area contributed by atoms with Crippen molar-refractivity contribution >= 4 is 11.7 Å². The molecule has 1 atom stereocenters. The van der Waals surface area contributed by atoms with Gasteiger partial charge in [0, 0.05) is 18.8 Å². The van der Waals surface area contributed by atoms with E-state index in [1.165, 1.54) is 0 Å². The molecule has 2 N–H and O–H groups in total. The number of rotatable bonds is 7. The van der Waals surface area contributed by atoms with Gasteiger partial charge in [0.25, 0.3) is 0 Å². The predicted octanol–water partition coefficient (Wildman–Crippen LogP) is 3.33. The smallest absolute Gasteiger partial charge is 0.323 e. The summed E-state index contributed by atoms with van der Waals surface area (Å²) in [6, 6.07) is 7.93. The number of benzene rings is 1. The molecule has 0 aromatic heterocycles. The number of hydrogen-bond acceptors (Lipinski definition) is 4. The summed E-state index contributed by atoms with van der Waals surface area (Å²) in [5.74, 6) is -0.187. The minimum atomic E-state index is -0.447. The van der Waals surface area contributed by atoms with E-state index in [1.54, 1.807) is 0 Å². The molecule has 0 fully saturated rings. The lowest BCUT2D eigenvalue weighted by atomic mass is 10.1. The van der Waals surface area contributed by atoms with Crippen LogP contribution in [0.5, 0.6) is 0 Å². The molecule has 0 saturated carbocycles. The second-order valence-electron chi connectivity index (χ2n) is 6.11. The SMILES string of the molecule is CCNc1cccc(CNC(CC)C(=O)OC(C)(C)C)c1. The fourth-order valence-electron chi connectivity index (χ4n) is 2.00. The van der Waals surface area contributed by atoms with Crippen molar-refractivity contribution in [2.24, 2.45) is 0 Å². The molecule has 1 unspecified atom stereocenters. The first-order valence-corrected chi connectivity index (χ1v) is 7.64. The summed E-state index contributed by atoms with van der Waals surface area (Å²) in [6.45, 7) is 11.3. The van der Waals surface area contributed by atoms with Gasteiger partial charge in [-0.05, 0) is 51.8 Å². The maximum Gasteiger partial charge on any atom is 0.323 e. The topological polar surface area (TPSA) is 50.4 Å². The highest BCUT2D eigenvalue weighted by atomic mass is 16.6. The Labute approximate surface area is 128 Å². The monoisotopic (exact) mass is 292 g/mol. The quantitative estimate of drug-likeness (QED) is 0.757. The van der Waals surface area contributed by atoms with E-state index < -0.39 is 5.60 Å². The van der Waals surface area contributed by atoms with E-state index in [0.717, 1.165) is 17.8 Å². The molecule has 1 aromatic carbocycles. The van der Waals surface area contributed by atoms with Crippen LogP contribution in [0.15, 0.2) is 24.3 Å². The van der Waals surface area contributed by atoms with E-state index >= 15 is 0 Å². The molecular formula is C17H28N2O2. The third kappa shape index (κ3) is 6.63. The Kier molecular flexibility index (Phi) is 6.69. The Morgan fingerprint density at radius 1 is 1.29 bits per heavy atom. The van der Waals surface area contributed by atoms with Crippen molar-refractivity contribution in [2.75, 3.05) is 11.9 Å². The van der Waals surface area contributed by atoms with Crippen LogP contribution in [-0.4, -0.2) is 24.2 Å². The number of anilines is 1. The lowest BCUT2D eigenvalue weighted by molar-refractivity contribution is -0.157. The summed E-state index contributed by atoms with van der Waals surface area (Å²) in [5.41, 5.74) is 1.80. The Morgan fingerprint density at radius 2 is 2.00 bits per heavy atom. The van der Waals surface area contributed by atoms with Gasteiger partial charge >= 0.3 is 5.97 Å². The summed E-state index contributed by atoms with van der Waals surface area (Å²) < 4.78 is 5.43. The molecule has 4 nitrogen and oxygen atoms in total. The number of carbonyl (C=O) groups excluding carboxylic acids is 1. The molecule has 1 rings (SSSR count). The van der Waals surface area contributed by atoms with Gasteiger partial charge in [-0.2, -0.15) is 0 Å². The molecule has 21 heavy (non-hydrogen) atoms. The maximum absolute atomic E-state index is 12.1. The van der Waals surface area contributed by atoms with Crippen LogP contribution in [-0.2, 0) is 16.1 Å². The van der Waals surface area contributed by atoms with Crippen molar-refractivity contribution in [3.8, 4) is 0 Å². The van der Waals surface area contributed by atoms with Crippen molar-refractivity contribution in [3.63, 3.8) is 0 Å². The van der Waals surface area contributed by atoms with Crippen LogP contribution in [0.2, 0.25) is 0 Å². The minimum absolute atomic E-state index is 0.187. The highest BCUT2D eigenvalue weighted by Crippen LogP contribution is 2.12. The molecule has 1 aromatic rings. The van der Waals surface area contributed by atoms with Gasteiger partial charge in [-0.15, -0.1) is 0 Å². The molecule has 0 radical (unpaired) electrons. The van der Waals surface area contributed by atoms with E-state index in [9.17, 15) is 4.79 Å². The Hall–Kier alpha value is -1.55. The molecular weight excluding hydrogens is 264 g/mol. The van der Waals surface area contributed by atoms with Gasteiger partial charge in [-0.25, -0.2) is 0 Å².